The summed E-state index contributed by atoms with van der Waals surface area (Å²) in [6, 6.07) is 0. The predicted molar refractivity (Wildman–Crippen MR) is 65.1 cm³/mol. The fraction of sp³-hybridized carbons (Fsp3) is 0.500. The van der Waals surface area contributed by atoms with Crippen LogP contribution >= 0.6 is 11.3 Å². The van der Waals surface area contributed by atoms with Crippen molar-refractivity contribution in [1.82, 2.24) is 9.88 Å². The molecule has 0 aromatic carbocycles. The van der Waals surface area contributed by atoms with Crippen LogP contribution in [-0.4, -0.2) is 40.0 Å². The van der Waals surface area contributed by atoms with Gasteiger partial charge < -0.3 is 15.7 Å². The quantitative estimate of drug-likeness (QED) is 0.819. The summed E-state index contributed by atoms with van der Waals surface area (Å²) in [5, 5.41) is 8.95. The van der Waals surface area contributed by atoms with Gasteiger partial charge in [0.25, 0.3) is 5.91 Å². The van der Waals surface area contributed by atoms with E-state index in [0.29, 0.717) is 22.2 Å². The van der Waals surface area contributed by atoms with Crippen molar-refractivity contribution in [2.45, 2.75) is 20.3 Å². The Hall–Kier alpha value is -1.63. The second kappa shape index (κ2) is 5.62. The van der Waals surface area contributed by atoms with E-state index in [-0.39, 0.29) is 18.9 Å². The van der Waals surface area contributed by atoms with Crippen LogP contribution in [0.4, 0.5) is 5.13 Å². The first-order valence-electron chi connectivity index (χ1n) is 5.19. The highest BCUT2D eigenvalue weighted by Crippen LogP contribution is 2.21. The average molecular weight is 257 g/mol. The molecule has 7 heteroatoms. The number of carbonyl (C=O) groups is 2. The SMILES string of the molecule is CCN(CCC(=O)O)C(=O)c1sc(N)nc1C. The molecule has 0 spiro atoms. The molecule has 0 aliphatic heterocycles. The number of aryl methyl sites for hydroxylation is 1. The highest BCUT2D eigenvalue weighted by atomic mass is 32.1. The van der Waals surface area contributed by atoms with Crippen molar-refractivity contribution in [3.8, 4) is 0 Å². The van der Waals surface area contributed by atoms with Gasteiger partial charge in [0, 0.05) is 13.1 Å². The van der Waals surface area contributed by atoms with Crippen LogP contribution in [0.15, 0.2) is 0 Å². The third kappa shape index (κ3) is 3.42. The van der Waals surface area contributed by atoms with Gasteiger partial charge in [0.15, 0.2) is 5.13 Å². The molecule has 3 N–H and O–H groups in total. The van der Waals surface area contributed by atoms with E-state index in [1.54, 1.807) is 13.8 Å². The van der Waals surface area contributed by atoms with Gasteiger partial charge in [-0.05, 0) is 13.8 Å². The first-order chi connectivity index (χ1) is 7.95. The molecule has 94 valence electrons. The van der Waals surface area contributed by atoms with E-state index in [4.69, 9.17) is 10.8 Å². The fourth-order valence-corrected chi connectivity index (χ4v) is 2.19. The molecule has 0 radical (unpaired) electrons. The number of nitrogen functional groups attached to an aromatic ring is 1. The molecule has 1 heterocycles. The third-order valence-electron chi connectivity index (χ3n) is 2.27. The van der Waals surface area contributed by atoms with Crippen molar-refractivity contribution >= 4 is 28.3 Å². The molecule has 0 unspecified atom stereocenters. The van der Waals surface area contributed by atoms with E-state index in [1.165, 1.54) is 4.90 Å². The van der Waals surface area contributed by atoms with Crippen LogP contribution in [0.2, 0.25) is 0 Å². The van der Waals surface area contributed by atoms with Crippen molar-refractivity contribution in [2.24, 2.45) is 0 Å². The summed E-state index contributed by atoms with van der Waals surface area (Å²) in [5.41, 5.74) is 6.11. The van der Waals surface area contributed by atoms with E-state index >= 15 is 0 Å². The van der Waals surface area contributed by atoms with Gasteiger partial charge in [-0.15, -0.1) is 0 Å². The van der Waals surface area contributed by atoms with E-state index in [2.05, 4.69) is 4.98 Å². The van der Waals surface area contributed by atoms with E-state index < -0.39 is 5.97 Å². The lowest BCUT2D eigenvalue weighted by Crippen LogP contribution is -2.32. The lowest BCUT2D eigenvalue weighted by Gasteiger charge is -2.19. The normalized spacial score (nSPS) is 10.2. The number of nitrogens with two attached hydrogens (primary N) is 1. The summed E-state index contributed by atoms with van der Waals surface area (Å²) < 4.78 is 0. The molecule has 0 saturated carbocycles. The van der Waals surface area contributed by atoms with Gasteiger partial charge in [-0.3, -0.25) is 9.59 Å². The second-order valence-electron chi connectivity index (χ2n) is 3.50. The zero-order valence-electron chi connectivity index (χ0n) is 9.77. The number of rotatable bonds is 5. The van der Waals surface area contributed by atoms with Gasteiger partial charge in [-0.2, -0.15) is 0 Å². The van der Waals surface area contributed by atoms with Crippen molar-refractivity contribution < 1.29 is 14.7 Å². The Kier molecular flexibility index (Phi) is 4.45. The molecule has 0 atom stereocenters. The van der Waals surface area contributed by atoms with Gasteiger partial charge in [0.1, 0.15) is 4.88 Å². The number of amides is 1. The second-order valence-corrected chi connectivity index (χ2v) is 4.53. The smallest absolute Gasteiger partial charge is 0.305 e. The molecule has 1 amide bonds. The van der Waals surface area contributed by atoms with Crippen molar-refractivity contribution in [3.05, 3.63) is 10.6 Å². The number of hydrogen-bond donors (Lipinski definition) is 2. The molecule has 17 heavy (non-hydrogen) atoms. The largest absolute Gasteiger partial charge is 0.481 e. The first kappa shape index (κ1) is 13.4. The highest BCUT2D eigenvalue weighted by Gasteiger charge is 2.20. The zero-order valence-corrected chi connectivity index (χ0v) is 10.6. The van der Waals surface area contributed by atoms with Crippen LogP contribution < -0.4 is 5.73 Å². The number of thiazole rings is 1. The van der Waals surface area contributed by atoms with E-state index in [1.807, 2.05) is 0 Å². The molecule has 0 aliphatic carbocycles. The Morgan fingerprint density at radius 2 is 2.18 bits per heavy atom. The van der Waals surface area contributed by atoms with Gasteiger partial charge in [-0.25, -0.2) is 4.98 Å². The molecule has 1 aromatic heterocycles. The van der Waals surface area contributed by atoms with Crippen LogP contribution in [0.3, 0.4) is 0 Å². The molecule has 6 nitrogen and oxygen atoms in total. The molecule has 1 aromatic rings. The monoisotopic (exact) mass is 257 g/mol. The Morgan fingerprint density at radius 3 is 2.59 bits per heavy atom. The molecule has 0 aliphatic rings. The van der Waals surface area contributed by atoms with Gasteiger partial charge in [0.2, 0.25) is 0 Å². The van der Waals surface area contributed by atoms with Crippen molar-refractivity contribution in [2.75, 3.05) is 18.8 Å². The van der Waals surface area contributed by atoms with Gasteiger partial charge in [-0.1, -0.05) is 11.3 Å². The lowest BCUT2D eigenvalue weighted by molar-refractivity contribution is -0.137. The summed E-state index contributed by atoms with van der Waals surface area (Å²) >= 11 is 1.13. The van der Waals surface area contributed by atoms with Crippen LogP contribution in [0, 0.1) is 6.92 Å². The van der Waals surface area contributed by atoms with Gasteiger partial charge >= 0.3 is 5.97 Å². The summed E-state index contributed by atoms with van der Waals surface area (Å²) in [5.74, 6) is -1.13. The summed E-state index contributed by atoms with van der Waals surface area (Å²) in [4.78, 5) is 28.5. The number of aliphatic carboxylic acids is 1. The molecule has 0 saturated heterocycles. The van der Waals surface area contributed by atoms with E-state index in [9.17, 15) is 9.59 Å². The number of hydrogen-bond acceptors (Lipinski definition) is 5. The number of anilines is 1. The Balaban J connectivity index is 2.79. The maximum absolute atomic E-state index is 12.1. The predicted octanol–water partition coefficient (Wildman–Crippen LogP) is 0.971. The minimum atomic E-state index is -0.920. The minimum absolute atomic E-state index is 0.0626. The number of carboxylic acid groups (broad SMARTS) is 1. The van der Waals surface area contributed by atoms with Gasteiger partial charge in [0.05, 0.1) is 12.1 Å². The van der Waals surface area contributed by atoms with Crippen LogP contribution in [-0.2, 0) is 4.79 Å². The summed E-state index contributed by atoms with van der Waals surface area (Å²) in [6.07, 6.45) is -0.0626. The molecular formula is C10H15N3O3S. The number of carbonyl (C=O) groups excluding carboxylic acids is 1. The average Bonchev–Trinajstić information content (AvgIpc) is 2.58. The fourth-order valence-electron chi connectivity index (χ4n) is 1.39. The maximum atomic E-state index is 12.1. The van der Waals surface area contributed by atoms with Crippen LogP contribution in [0.1, 0.15) is 28.7 Å². The lowest BCUT2D eigenvalue weighted by atomic mass is 10.3. The molecule has 0 bridgehead atoms. The minimum Gasteiger partial charge on any atom is -0.481 e. The molecule has 1 rings (SSSR count). The van der Waals surface area contributed by atoms with Crippen LogP contribution in [0.25, 0.3) is 0 Å². The van der Waals surface area contributed by atoms with Crippen molar-refractivity contribution in [3.63, 3.8) is 0 Å². The molecule has 0 fully saturated rings. The van der Waals surface area contributed by atoms with E-state index in [0.717, 1.165) is 11.3 Å². The number of nitrogens with zero attached hydrogens (tertiary/aromatic N) is 2. The third-order valence-corrected chi connectivity index (χ3v) is 3.25. The zero-order chi connectivity index (χ0) is 13.0. The number of carboxylic acids is 1. The summed E-state index contributed by atoms with van der Waals surface area (Å²) in [7, 11) is 0. The molecular weight excluding hydrogens is 242 g/mol. The highest BCUT2D eigenvalue weighted by molar-refractivity contribution is 7.17. The topological polar surface area (TPSA) is 96.5 Å². The Morgan fingerprint density at radius 1 is 1.53 bits per heavy atom. The van der Waals surface area contributed by atoms with Crippen molar-refractivity contribution in [1.29, 1.82) is 0 Å². The Labute approximate surface area is 103 Å². The Bertz CT molecular complexity index is 430. The standard InChI is InChI=1S/C10H15N3O3S/c1-3-13(5-4-7(14)15)9(16)8-6(2)12-10(11)17-8/h3-5H2,1-2H3,(H2,11,12)(H,14,15). The summed E-state index contributed by atoms with van der Waals surface area (Å²) in [6.45, 7) is 4.18. The first-order valence-corrected chi connectivity index (χ1v) is 6.01. The number of aromatic nitrogens is 1. The maximum Gasteiger partial charge on any atom is 0.305 e. The van der Waals surface area contributed by atoms with Crippen LogP contribution in [0.5, 0.6) is 0 Å².